The molecule has 5 nitrogen and oxygen atoms in total. The first-order valence-electron chi connectivity index (χ1n) is 9.52. The molecule has 1 heterocycles. The van der Waals surface area contributed by atoms with Crippen LogP contribution in [0.2, 0.25) is 0 Å². The van der Waals surface area contributed by atoms with E-state index in [0.717, 1.165) is 36.1 Å². The fraction of sp³-hybridized carbons (Fsp3) is 0.429. The van der Waals surface area contributed by atoms with Gasteiger partial charge in [0.25, 0.3) is 0 Å². The highest BCUT2D eigenvalue weighted by molar-refractivity contribution is 7.89. The summed E-state index contributed by atoms with van der Waals surface area (Å²) in [5.74, 6) is 1.58. The van der Waals surface area contributed by atoms with Crippen LogP contribution in [0.5, 0.6) is 5.75 Å². The van der Waals surface area contributed by atoms with Gasteiger partial charge in [0, 0.05) is 18.5 Å². The number of sulfonamides is 1. The summed E-state index contributed by atoms with van der Waals surface area (Å²) in [5, 5.41) is 0. The molecule has 1 aliphatic carbocycles. The smallest absolute Gasteiger partial charge is 0.212 e. The Hall–Kier alpha value is -1.89. The summed E-state index contributed by atoms with van der Waals surface area (Å²) < 4.78 is 32.8. The van der Waals surface area contributed by atoms with Crippen LogP contribution >= 0.6 is 0 Å². The van der Waals surface area contributed by atoms with E-state index in [0.29, 0.717) is 19.1 Å². The van der Waals surface area contributed by atoms with Crippen molar-refractivity contribution in [3.8, 4) is 5.75 Å². The van der Waals surface area contributed by atoms with E-state index >= 15 is 0 Å². The first-order valence-corrected chi connectivity index (χ1v) is 11.2. The standard InChI is InChI=1S/C21H26N2O3S/c22-20-13-26-21-9-8-17(12-23-27(24,25)14-16-6-7-16)11-19(21)18(20)10-15-4-2-1-3-5-15/h1-5,8-9,11,16,18,20,23H,6-7,10,12-14,22H2/t18-,20-/m1/s1. The molecule has 0 radical (unpaired) electrons. The largest absolute Gasteiger partial charge is 0.492 e. The van der Waals surface area contributed by atoms with Gasteiger partial charge in [0.1, 0.15) is 12.4 Å². The lowest BCUT2D eigenvalue weighted by Crippen LogP contribution is -2.39. The molecule has 0 bridgehead atoms. The van der Waals surface area contributed by atoms with E-state index in [1.807, 2.05) is 36.4 Å². The minimum atomic E-state index is -3.22. The van der Waals surface area contributed by atoms with Crippen LogP contribution in [0, 0.1) is 5.92 Å². The van der Waals surface area contributed by atoms with Gasteiger partial charge in [0.2, 0.25) is 10.0 Å². The van der Waals surface area contributed by atoms with E-state index in [2.05, 4.69) is 16.9 Å². The molecule has 2 aromatic carbocycles. The molecule has 0 unspecified atom stereocenters. The van der Waals surface area contributed by atoms with Crippen molar-refractivity contribution >= 4 is 10.0 Å². The van der Waals surface area contributed by atoms with E-state index in [9.17, 15) is 8.42 Å². The molecule has 1 aliphatic heterocycles. The summed E-state index contributed by atoms with van der Waals surface area (Å²) in [4.78, 5) is 0. The van der Waals surface area contributed by atoms with Gasteiger partial charge < -0.3 is 10.5 Å². The molecule has 1 fully saturated rings. The second-order valence-corrected chi connectivity index (χ2v) is 9.54. The van der Waals surface area contributed by atoms with Gasteiger partial charge in [-0.3, -0.25) is 0 Å². The number of benzene rings is 2. The fourth-order valence-corrected chi connectivity index (χ4v) is 5.10. The molecule has 0 spiro atoms. The number of nitrogens with two attached hydrogens (primary N) is 1. The maximum Gasteiger partial charge on any atom is 0.212 e. The highest BCUT2D eigenvalue weighted by Crippen LogP contribution is 2.36. The van der Waals surface area contributed by atoms with Crippen LogP contribution in [0.25, 0.3) is 0 Å². The minimum absolute atomic E-state index is 0.0838. The molecule has 6 heteroatoms. The fourth-order valence-electron chi connectivity index (χ4n) is 3.64. The molecule has 1 saturated carbocycles. The molecule has 27 heavy (non-hydrogen) atoms. The normalized spacial score (nSPS) is 22.1. The van der Waals surface area contributed by atoms with E-state index in [1.54, 1.807) is 0 Å². The first-order chi connectivity index (χ1) is 13.0. The summed E-state index contributed by atoms with van der Waals surface area (Å²) in [5.41, 5.74) is 9.60. The van der Waals surface area contributed by atoms with Gasteiger partial charge in [-0.05, 0) is 47.9 Å². The van der Waals surface area contributed by atoms with Gasteiger partial charge in [-0.25, -0.2) is 13.1 Å². The molecular formula is C21H26N2O3S. The van der Waals surface area contributed by atoms with Gasteiger partial charge in [-0.1, -0.05) is 42.5 Å². The molecular weight excluding hydrogens is 360 g/mol. The Balaban J connectivity index is 1.51. The van der Waals surface area contributed by atoms with Crippen molar-refractivity contribution in [1.82, 2.24) is 4.72 Å². The lowest BCUT2D eigenvalue weighted by atomic mass is 9.84. The van der Waals surface area contributed by atoms with E-state index in [-0.39, 0.29) is 17.7 Å². The van der Waals surface area contributed by atoms with Crippen LogP contribution < -0.4 is 15.2 Å². The zero-order valence-corrected chi connectivity index (χ0v) is 16.1. The lowest BCUT2D eigenvalue weighted by molar-refractivity contribution is 0.238. The molecule has 144 valence electrons. The zero-order valence-electron chi connectivity index (χ0n) is 15.3. The third-order valence-electron chi connectivity index (χ3n) is 5.37. The SMILES string of the molecule is N[C@@H]1COc2ccc(CNS(=O)(=O)CC3CC3)cc2[C@H]1Cc1ccccc1. The topological polar surface area (TPSA) is 81.4 Å². The van der Waals surface area contributed by atoms with Crippen molar-refractivity contribution in [2.45, 2.75) is 37.8 Å². The Bertz CT molecular complexity index is 895. The highest BCUT2D eigenvalue weighted by Gasteiger charge is 2.30. The first kappa shape index (κ1) is 18.5. The highest BCUT2D eigenvalue weighted by atomic mass is 32.2. The molecule has 2 atom stereocenters. The average molecular weight is 387 g/mol. The molecule has 4 rings (SSSR count). The summed E-state index contributed by atoms with van der Waals surface area (Å²) >= 11 is 0. The molecule has 3 N–H and O–H groups in total. The van der Waals surface area contributed by atoms with Crippen LogP contribution in [-0.2, 0) is 23.0 Å². The van der Waals surface area contributed by atoms with Crippen molar-refractivity contribution in [1.29, 1.82) is 0 Å². The Morgan fingerprint density at radius 2 is 1.85 bits per heavy atom. The molecule has 0 aromatic heterocycles. The number of fused-ring (bicyclic) bond motifs is 1. The second kappa shape index (κ2) is 7.62. The van der Waals surface area contributed by atoms with E-state index in [4.69, 9.17) is 10.5 Å². The molecule has 0 saturated heterocycles. The Morgan fingerprint density at radius 1 is 1.07 bits per heavy atom. The number of hydrogen-bond acceptors (Lipinski definition) is 4. The summed E-state index contributed by atoms with van der Waals surface area (Å²) in [6.07, 6.45) is 2.89. The van der Waals surface area contributed by atoms with Gasteiger partial charge in [0.05, 0.1) is 5.75 Å². The zero-order chi connectivity index (χ0) is 18.9. The van der Waals surface area contributed by atoms with Crippen LogP contribution in [0.4, 0.5) is 0 Å². The van der Waals surface area contributed by atoms with Crippen molar-refractivity contribution in [2.75, 3.05) is 12.4 Å². The van der Waals surface area contributed by atoms with Crippen LogP contribution in [-0.4, -0.2) is 26.8 Å². The van der Waals surface area contributed by atoms with Crippen molar-refractivity contribution in [3.05, 3.63) is 65.2 Å². The number of ether oxygens (including phenoxy) is 1. The second-order valence-electron chi connectivity index (χ2n) is 7.69. The molecule has 2 aliphatic rings. The number of rotatable bonds is 7. The van der Waals surface area contributed by atoms with Crippen LogP contribution in [0.15, 0.2) is 48.5 Å². The monoisotopic (exact) mass is 386 g/mol. The van der Waals surface area contributed by atoms with E-state index in [1.165, 1.54) is 5.56 Å². The maximum absolute atomic E-state index is 12.1. The predicted molar refractivity (Wildman–Crippen MR) is 106 cm³/mol. The van der Waals surface area contributed by atoms with Gasteiger partial charge >= 0.3 is 0 Å². The third-order valence-corrected chi connectivity index (χ3v) is 6.86. The maximum atomic E-state index is 12.1. The van der Waals surface area contributed by atoms with Crippen LogP contribution in [0.1, 0.15) is 35.4 Å². The Morgan fingerprint density at radius 3 is 2.59 bits per heavy atom. The van der Waals surface area contributed by atoms with Crippen LogP contribution in [0.3, 0.4) is 0 Å². The summed E-state index contributed by atoms with van der Waals surface area (Å²) in [6.45, 7) is 0.799. The lowest BCUT2D eigenvalue weighted by Gasteiger charge is -2.32. The quantitative estimate of drug-likeness (QED) is 0.766. The summed E-state index contributed by atoms with van der Waals surface area (Å²) in [6, 6.07) is 16.1. The minimum Gasteiger partial charge on any atom is -0.492 e. The third kappa shape index (κ3) is 4.69. The molecule has 2 aromatic rings. The van der Waals surface area contributed by atoms with Gasteiger partial charge in [0.15, 0.2) is 0 Å². The van der Waals surface area contributed by atoms with Crippen molar-refractivity contribution < 1.29 is 13.2 Å². The number of nitrogens with one attached hydrogen (secondary N) is 1. The van der Waals surface area contributed by atoms with Crippen molar-refractivity contribution in [2.24, 2.45) is 11.7 Å². The predicted octanol–water partition coefficient (Wildman–Crippen LogP) is 2.56. The number of hydrogen-bond donors (Lipinski definition) is 2. The Labute approximate surface area is 161 Å². The van der Waals surface area contributed by atoms with Crippen molar-refractivity contribution in [3.63, 3.8) is 0 Å². The van der Waals surface area contributed by atoms with Gasteiger partial charge in [-0.2, -0.15) is 0 Å². The summed E-state index contributed by atoms with van der Waals surface area (Å²) in [7, 11) is -3.22. The van der Waals surface area contributed by atoms with Gasteiger partial charge in [-0.15, -0.1) is 0 Å². The van der Waals surface area contributed by atoms with E-state index < -0.39 is 10.0 Å². The average Bonchev–Trinajstić information content (AvgIpc) is 3.46. The molecule has 0 amide bonds. The Kier molecular flexibility index (Phi) is 5.21.